The van der Waals surface area contributed by atoms with Gasteiger partial charge in [-0.05, 0) is 30.5 Å². The minimum Gasteiger partial charge on any atom is -0.449 e. The third kappa shape index (κ3) is 2.63. The van der Waals surface area contributed by atoms with E-state index in [2.05, 4.69) is 22.9 Å². The quantitative estimate of drug-likeness (QED) is 0.795. The summed E-state index contributed by atoms with van der Waals surface area (Å²) >= 11 is 3.51. The molecule has 0 radical (unpaired) electrons. The Labute approximate surface area is 110 Å². The molecule has 0 fully saturated rings. The first kappa shape index (κ1) is 12.4. The molecule has 0 unspecified atom stereocenters. The van der Waals surface area contributed by atoms with Gasteiger partial charge in [0.15, 0.2) is 0 Å². The summed E-state index contributed by atoms with van der Waals surface area (Å²) in [5, 5.41) is 0. The summed E-state index contributed by atoms with van der Waals surface area (Å²) < 4.78 is 6.30. The van der Waals surface area contributed by atoms with E-state index in [9.17, 15) is 4.79 Å². The number of hydrogen-bond donors (Lipinski definition) is 0. The van der Waals surface area contributed by atoms with Crippen molar-refractivity contribution >= 4 is 27.7 Å². The van der Waals surface area contributed by atoms with Gasteiger partial charge >= 0.3 is 6.09 Å². The van der Waals surface area contributed by atoms with E-state index in [4.69, 9.17) is 4.74 Å². The fraction of sp³-hybridized carbons (Fsp3) is 0.462. The number of anilines is 1. The fourth-order valence-corrected chi connectivity index (χ4v) is 2.52. The van der Waals surface area contributed by atoms with E-state index in [1.54, 1.807) is 4.90 Å². The molecule has 0 atom stereocenters. The Hall–Kier alpha value is -1.03. The number of unbranched alkanes of at least 4 members (excludes halogenated alkanes) is 1. The summed E-state index contributed by atoms with van der Waals surface area (Å²) in [5.74, 6) is 0. The first-order valence-corrected chi connectivity index (χ1v) is 6.75. The van der Waals surface area contributed by atoms with Crippen LogP contribution in [0, 0.1) is 0 Å². The normalized spacial score (nSPS) is 13.6. The summed E-state index contributed by atoms with van der Waals surface area (Å²) in [6, 6.07) is 5.92. The van der Waals surface area contributed by atoms with Crippen molar-refractivity contribution in [2.45, 2.75) is 26.2 Å². The maximum Gasteiger partial charge on any atom is 0.414 e. The van der Waals surface area contributed by atoms with Crippen LogP contribution in [-0.2, 0) is 11.2 Å². The first-order valence-electron chi connectivity index (χ1n) is 5.95. The second kappa shape index (κ2) is 5.54. The molecule has 92 valence electrons. The Morgan fingerprint density at radius 1 is 1.53 bits per heavy atom. The molecular weight excluding hydrogens is 282 g/mol. The van der Waals surface area contributed by atoms with E-state index in [-0.39, 0.29) is 6.09 Å². The SMILES string of the molecule is CCCCOC(=O)N1CCc2c(Br)cccc21. The number of nitrogens with zero attached hydrogens (tertiary/aromatic N) is 1. The minimum atomic E-state index is -0.227. The van der Waals surface area contributed by atoms with Crippen molar-refractivity contribution in [1.82, 2.24) is 0 Å². The number of halogens is 1. The smallest absolute Gasteiger partial charge is 0.414 e. The van der Waals surface area contributed by atoms with Gasteiger partial charge in [-0.25, -0.2) is 4.79 Å². The van der Waals surface area contributed by atoms with Gasteiger partial charge in [0.05, 0.1) is 12.3 Å². The molecule has 1 amide bonds. The number of hydrogen-bond acceptors (Lipinski definition) is 2. The summed E-state index contributed by atoms with van der Waals surface area (Å²) in [7, 11) is 0. The molecule has 1 aromatic carbocycles. The van der Waals surface area contributed by atoms with Crippen molar-refractivity contribution in [2.24, 2.45) is 0 Å². The number of ether oxygens (including phenoxy) is 1. The van der Waals surface area contributed by atoms with E-state index in [1.165, 1.54) is 5.56 Å². The molecule has 0 aromatic heterocycles. The van der Waals surface area contributed by atoms with Crippen molar-refractivity contribution in [1.29, 1.82) is 0 Å². The van der Waals surface area contributed by atoms with E-state index < -0.39 is 0 Å². The molecule has 2 rings (SSSR count). The highest BCUT2D eigenvalue weighted by atomic mass is 79.9. The van der Waals surface area contributed by atoms with Crippen LogP contribution in [0.3, 0.4) is 0 Å². The van der Waals surface area contributed by atoms with Gasteiger partial charge in [0, 0.05) is 11.0 Å². The molecule has 1 heterocycles. The number of fused-ring (bicyclic) bond motifs is 1. The predicted molar refractivity (Wildman–Crippen MR) is 71.4 cm³/mol. The van der Waals surface area contributed by atoms with Crippen molar-refractivity contribution in [3.05, 3.63) is 28.2 Å². The first-order chi connectivity index (χ1) is 8.24. The minimum absolute atomic E-state index is 0.227. The van der Waals surface area contributed by atoms with Crippen LogP contribution >= 0.6 is 15.9 Å². The van der Waals surface area contributed by atoms with Crippen LogP contribution < -0.4 is 4.90 Å². The average Bonchev–Trinajstić information content (AvgIpc) is 2.74. The summed E-state index contributed by atoms with van der Waals surface area (Å²) in [5.41, 5.74) is 2.17. The van der Waals surface area contributed by atoms with Gasteiger partial charge < -0.3 is 4.74 Å². The van der Waals surface area contributed by atoms with Crippen LogP contribution in [-0.4, -0.2) is 19.2 Å². The van der Waals surface area contributed by atoms with E-state index in [0.717, 1.165) is 29.4 Å². The van der Waals surface area contributed by atoms with Gasteiger partial charge in [-0.2, -0.15) is 0 Å². The third-order valence-corrected chi connectivity index (χ3v) is 3.66. The van der Waals surface area contributed by atoms with Crippen LogP contribution in [0.4, 0.5) is 10.5 Å². The van der Waals surface area contributed by atoms with E-state index in [1.807, 2.05) is 18.2 Å². The molecule has 3 nitrogen and oxygen atoms in total. The molecule has 1 aliphatic rings. The number of amides is 1. The molecule has 0 bridgehead atoms. The number of benzene rings is 1. The summed E-state index contributed by atoms with van der Waals surface area (Å²) in [4.78, 5) is 13.6. The van der Waals surface area contributed by atoms with Crippen LogP contribution in [0.1, 0.15) is 25.3 Å². The molecule has 17 heavy (non-hydrogen) atoms. The molecule has 4 heteroatoms. The molecule has 0 saturated heterocycles. The molecule has 0 N–H and O–H groups in total. The lowest BCUT2D eigenvalue weighted by molar-refractivity contribution is 0.152. The van der Waals surface area contributed by atoms with Crippen LogP contribution in [0.2, 0.25) is 0 Å². The lowest BCUT2D eigenvalue weighted by Gasteiger charge is -2.17. The lowest BCUT2D eigenvalue weighted by Crippen LogP contribution is -2.29. The third-order valence-electron chi connectivity index (χ3n) is 2.91. The van der Waals surface area contributed by atoms with E-state index >= 15 is 0 Å². The molecule has 0 aliphatic carbocycles. The van der Waals surface area contributed by atoms with Crippen molar-refractivity contribution < 1.29 is 9.53 Å². The number of carbonyl (C=O) groups is 1. The number of rotatable bonds is 3. The second-order valence-electron chi connectivity index (χ2n) is 4.11. The molecule has 1 aliphatic heterocycles. The summed E-state index contributed by atoms with van der Waals surface area (Å²) in [6.45, 7) is 3.30. The fourth-order valence-electron chi connectivity index (χ4n) is 1.96. The second-order valence-corrected chi connectivity index (χ2v) is 4.96. The zero-order valence-corrected chi connectivity index (χ0v) is 11.5. The lowest BCUT2D eigenvalue weighted by atomic mass is 10.2. The van der Waals surface area contributed by atoms with Gasteiger partial charge in [0.25, 0.3) is 0 Å². The Morgan fingerprint density at radius 2 is 2.35 bits per heavy atom. The Kier molecular flexibility index (Phi) is 4.05. The maximum atomic E-state index is 11.9. The average molecular weight is 298 g/mol. The monoisotopic (exact) mass is 297 g/mol. The maximum absolute atomic E-state index is 11.9. The molecule has 1 aromatic rings. The van der Waals surface area contributed by atoms with Crippen LogP contribution in [0.15, 0.2) is 22.7 Å². The largest absolute Gasteiger partial charge is 0.449 e. The van der Waals surface area contributed by atoms with Gasteiger partial charge in [-0.1, -0.05) is 35.3 Å². The Balaban J connectivity index is 2.06. The van der Waals surface area contributed by atoms with Crippen molar-refractivity contribution in [3.8, 4) is 0 Å². The Morgan fingerprint density at radius 3 is 3.12 bits per heavy atom. The van der Waals surface area contributed by atoms with Gasteiger partial charge in [-0.15, -0.1) is 0 Å². The van der Waals surface area contributed by atoms with Gasteiger partial charge in [0.1, 0.15) is 0 Å². The van der Waals surface area contributed by atoms with Crippen molar-refractivity contribution in [2.75, 3.05) is 18.1 Å². The van der Waals surface area contributed by atoms with Gasteiger partial charge in [0.2, 0.25) is 0 Å². The molecular formula is C13H16BrNO2. The standard InChI is InChI=1S/C13H16BrNO2/c1-2-3-9-17-13(16)15-8-7-10-11(14)5-4-6-12(10)15/h4-6H,2-3,7-9H2,1H3. The predicted octanol–water partition coefficient (Wildman–Crippen LogP) is 3.75. The van der Waals surface area contributed by atoms with Crippen LogP contribution in [0.25, 0.3) is 0 Å². The number of carbonyl (C=O) groups excluding carboxylic acids is 1. The highest BCUT2D eigenvalue weighted by Crippen LogP contribution is 2.33. The summed E-state index contributed by atoms with van der Waals surface area (Å²) in [6.07, 6.45) is 2.62. The highest BCUT2D eigenvalue weighted by molar-refractivity contribution is 9.10. The van der Waals surface area contributed by atoms with Gasteiger partial charge in [-0.3, -0.25) is 4.90 Å². The van der Waals surface area contributed by atoms with Crippen molar-refractivity contribution in [3.63, 3.8) is 0 Å². The Bertz CT molecular complexity index is 420. The molecule has 0 spiro atoms. The molecule has 0 saturated carbocycles. The van der Waals surface area contributed by atoms with Crippen LogP contribution in [0.5, 0.6) is 0 Å². The topological polar surface area (TPSA) is 29.5 Å². The zero-order chi connectivity index (χ0) is 12.3. The highest BCUT2D eigenvalue weighted by Gasteiger charge is 2.26. The zero-order valence-electron chi connectivity index (χ0n) is 9.91. The van der Waals surface area contributed by atoms with E-state index in [0.29, 0.717) is 13.2 Å².